The summed E-state index contributed by atoms with van der Waals surface area (Å²) in [7, 11) is -18.6. The van der Waals surface area contributed by atoms with Gasteiger partial charge in [-0.1, -0.05) is 72.8 Å². The van der Waals surface area contributed by atoms with E-state index < -0.39 is 60.1 Å². The molecular weight excluding hydrogens is 805 g/mol. The van der Waals surface area contributed by atoms with Crippen LogP contribution in [-0.4, -0.2) is 51.9 Å². The molecule has 0 heterocycles. The number of hydrogen-bond donors (Lipinski definition) is 4. The molecule has 18 heteroatoms. The minimum Gasteiger partial charge on any atom is -0.337 e. The third kappa shape index (κ3) is 9.32. The SMILES string of the molecule is O=S(=O)(O)c1cccc(N(Cc2ccccc2-c2ccccc2CN(c2cccc(S(=O)(=O)O)c2)c2cccc(S(=O)(=O)O)c2)c2cccc(S(=O)(=O)O)c2)c1. The molecule has 4 N–H and O–H groups in total. The second kappa shape index (κ2) is 15.6. The van der Waals surface area contributed by atoms with Crippen molar-refractivity contribution in [3.63, 3.8) is 0 Å². The smallest absolute Gasteiger partial charge is 0.294 e. The van der Waals surface area contributed by atoms with Crippen molar-refractivity contribution >= 4 is 63.2 Å². The molecule has 0 aliphatic heterocycles. The first-order valence-corrected chi connectivity index (χ1v) is 22.1. The van der Waals surface area contributed by atoms with Crippen LogP contribution in [0.15, 0.2) is 165 Å². The van der Waals surface area contributed by atoms with Crippen LogP contribution < -0.4 is 9.80 Å². The van der Waals surface area contributed by atoms with Crippen molar-refractivity contribution in [3.05, 3.63) is 157 Å². The van der Waals surface area contributed by atoms with E-state index in [1.807, 2.05) is 12.1 Å². The molecule has 6 rings (SSSR count). The number of benzene rings is 6. The molecule has 0 aliphatic carbocycles. The average molecular weight is 837 g/mol. The predicted molar refractivity (Wildman–Crippen MR) is 209 cm³/mol. The maximum absolute atomic E-state index is 12.1. The van der Waals surface area contributed by atoms with Gasteiger partial charge in [-0.25, -0.2) is 0 Å². The first kappa shape index (κ1) is 40.2. The van der Waals surface area contributed by atoms with E-state index in [-0.39, 0.29) is 35.8 Å². The Labute approximate surface area is 323 Å². The molecule has 0 unspecified atom stereocenters. The first-order chi connectivity index (χ1) is 26.3. The Kier molecular flexibility index (Phi) is 11.2. The van der Waals surface area contributed by atoms with Crippen LogP contribution in [0.1, 0.15) is 11.1 Å². The summed E-state index contributed by atoms with van der Waals surface area (Å²) in [4.78, 5) is 1.53. The molecular formula is C38H32N2O12S4. The van der Waals surface area contributed by atoms with Gasteiger partial charge >= 0.3 is 0 Å². The molecule has 290 valence electrons. The van der Waals surface area contributed by atoms with Gasteiger partial charge in [0.2, 0.25) is 0 Å². The van der Waals surface area contributed by atoms with Gasteiger partial charge in [0.25, 0.3) is 40.5 Å². The van der Waals surface area contributed by atoms with Crippen LogP contribution in [0, 0.1) is 0 Å². The van der Waals surface area contributed by atoms with Crippen LogP contribution in [0.2, 0.25) is 0 Å². The standard InChI is InChI=1S/C38H32N2O12S4/c41-53(42,43)33-15-5-11-29(21-33)39(30-12-6-16-34(22-30)54(44,45)46)25-27-9-1-3-19-37(27)38-20-4-2-10-28(38)26-40(31-13-7-17-35(23-31)55(47,48)49)32-14-8-18-36(24-32)56(50,51)52/h1-24H,25-26H2,(H,41,42,43)(H,44,45,46)(H,47,48,49)(H,50,51,52). The fraction of sp³-hybridized carbons (Fsp3) is 0.0526. The van der Waals surface area contributed by atoms with Crippen molar-refractivity contribution in [2.75, 3.05) is 9.80 Å². The highest BCUT2D eigenvalue weighted by Crippen LogP contribution is 2.37. The zero-order valence-electron chi connectivity index (χ0n) is 28.9. The van der Waals surface area contributed by atoms with Gasteiger partial charge in [0.1, 0.15) is 0 Å². The highest BCUT2D eigenvalue weighted by Gasteiger charge is 2.22. The van der Waals surface area contributed by atoms with Gasteiger partial charge in [0, 0.05) is 35.8 Å². The van der Waals surface area contributed by atoms with Crippen LogP contribution in [-0.2, 0) is 53.6 Å². The summed E-state index contributed by atoms with van der Waals surface area (Å²) in [5.41, 5.74) is 3.59. The summed E-state index contributed by atoms with van der Waals surface area (Å²) in [6.45, 7) is -0.0181. The molecule has 0 bridgehead atoms. The third-order valence-electron chi connectivity index (χ3n) is 8.69. The van der Waals surface area contributed by atoms with E-state index in [0.717, 1.165) is 0 Å². The molecule has 0 radical (unpaired) electrons. The molecule has 0 fully saturated rings. The van der Waals surface area contributed by atoms with E-state index in [1.165, 1.54) is 72.8 Å². The number of hydrogen-bond acceptors (Lipinski definition) is 10. The molecule has 0 aliphatic rings. The summed E-state index contributed by atoms with van der Waals surface area (Å²) in [6.07, 6.45) is 0. The topological polar surface area (TPSA) is 224 Å². The van der Waals surface area contributed by atoms with E-state index in [0.29, 0.717) is 22.3 Å². The average Bonchev–Trinajstić information content (AvgIpc) is 3.15. The highest BCUT2D eigenvalue weighted by atomic mass is 32.2. The largest absolute Gasteiger partial charge is 0.337 e. The number of nitrogens with zero attached hydrogens (tertiary/aromatic N) is 2. The van der Waals surface area contributed by atoms with E-state index in [1.54, 1.807) is 70.5 Å². The minimum absolute atomic E-state index is 0.00904. The van der Waals surface area contributed by atoms with Crippen LogP contribution >= 0.6 is 0 Å². The van der Waals surface area contributed by atoms with Gasteiger partial charge in [0.15, 0.2) is 0 Å². The Hall–Kier alpha value is -5.44. The van der Waals surface area contributed by atoms with Gasteiger partial charge in [0.05, 0.1) is 19.6 Å². The molecule has 0 saturated heterocycles. The zero-order valence-corrected chi connectivity index (χ0v) is 32.1. The lowest BCUT2D eigenvalue weighted by atomic mass is 9.94. The summed E-state index contributed by atoms with van der Waals surface area (Å²) in [5, 5.41) is 0. The highest BCUT2D eigenvalue weighted by molar-refractivity contribution is 7.86. The lowest BCUT2D eigenvalue weighted by Crippen LogP contribution is -2.19. The summed E-state index contributed by atoms with van der Waals surface area (Å²) >= 11 is 0. The fourth-order valence-electron chi connectivity index (χ4n) is 6.09. The van der Waals surface area contributed by atoms with E-state index in [2.05, 4.69) is 0 Å². The molecule has 56 heavy (non-hydrogen) atoms. The molecule has 6 aromatic carbocycles. The Balaban J connectivity index is 1.50. The summed E-state index contributed by atoms with van der Waals surface area (Å²) in [6, 6.07) is 35.8. The second-order valence-corrected chi connectivity index (χ2v) is 18.1. The number of rotatable bonds is 13. The Morgan fingerprint density at radius 2 is 0.589 bits per heavy atom. The van der Waals surface area contributed by atoms with Crippen LogP contribution in [0.3, 0.4) is 0 Å². The monoisotopic (exact) mass is 836 g/mol. The van der Waals surface area contributed by atoms with Crippen LogP contribution in [0.4, 0.5) is 22.7 Å². The summed E-state index contributed by atoms with van der Waals surface area (Å²) < 4.78 is 136. The molecule has 0 aromatic heterocycles. The van der Waals surface area contributed by atoms with Crippen molar-refractivity contribution in [2.24, 2.45) is 0 Å². The van der Waals surface area contributed by atoms with E-state index in [9.17, 15) is 51.9 Å². The molecule has 0 atom stereocenters. The van der Waals surface area contributed by atoms with Crippen molar-refractivity contribution in [1.82, 2.24) is 0 Å². The van der Waals surface area contributed by atoms with Crippen molar-refractivity contribution in [2.45, 2.75) is 32.7 Å². The van der Waals surface area contributed by atoms with E-state index >= 15 is 0 Å². The van der Waals surface area contributed by atoms with Crippen LogP contribution in [0.5, 0.6) is 0 Å². The van der Waals surface area contributed by atoms with Crippen molar-refractivity contribution in [3.8, 4) is 11.1 Å². The van der Waals surface area contributed by atoms with Crippen LogP contribution in [0.25, 0.3) is 11.1 Å². The Morgan fingerprint density at radius 1 is 0.339 bits per heavy atom. The molecule has 0 spiro atoms. The Morgan fingerprint density at radius 3 is 0.839 bits per heavy atom. The van der Waals surface area contributed by atoms with Gasteiger partial charge in [-0.2, -0.15) is 33.7 Å². The van der Waals surface area contributed by atoms with Gasteiger partial charge in [-0.3, -0.25) is 18.2 Å². The predicted octanol–water partition coefficient (Wildman–Crippen LogP) is 7.02. The lowest BCUT2D eigenvalue weighted by molar-refractivity contribution is 0.481. The maximum Gasteiger partial charge on any atom is 0.294 e. The minimum atomic E-state index is -4.64. The molecule has 0 saturated carbocycles. The quantitative estimate of drug-likeness (QED) is 0.0859. The van der Waals surface area contributed by atoms with Crippen molar-refractivity contribution in [1.29, 1.82) is 0 Å². The van der Waals surface area contributed by atoms with E-state index in [4.69, 9.17) is 0 Å². The van der Waals surface area contributed by atoms with Gasteiger partial charge < -0.3 is 9.80 Å². The number of anilines is 4. The normalized spacial score (nSPS) is 12.3. The lowest BCUT2D eigenvalue weighted by Gasteiger charge is -2.29. The molecule has 0 amide bonds. The second-order valence-electron chi connectivity index (χ2n) is 12.4. The first-order valence-electron chi connectivity index (χ1n) is 16.3. The third-order valence-corrected chi connectivity index (χ3v) is 12.1. The fourth-order valence-corrected chi connectivity index (χ4v) is 8.17. The van der Waals surface area contributed by atoms with Crippen molar-refractivity contribution < 1.29 is 51.9 Å². The molecule has 6 aromatic rings. The Bertz CT molecular complexity index is 2550. The maximum atomic E-state index is 12.1. The van der Waals surface area contributed by atoms with Gasteiger partial charge in [-0.15, -0.1) is 0 Å². The zero-order chi connectivity index (χ0) is 40.5. The molecule has 14 nitrogen and oxygen atoms in total. The van der Waals surface area contributed by atoms with Gasteiger partial charge in [-0.05, 0) is 95.1 Å². The summed E-state index contributed by atoms with van der Waals surface area (Å²) in [5.74, 6) is 0.